The second-order valence-corrected chi connectivity index (χ2v) is 12.8. The van der Waals surface area contributed by atoms with Crippen LogP contribution in [0.25, 0.3) is 16.7 Å². The van der Waals surface area contributed by atoms with Crippen molar-refractivity contribution in [2.24, 2.45) is 0 Å². The first-order valence-electron chi connectivity index (χ1n) is 12.0. The van der Waals surface area contributed by atoms with Gasteiger partial charge in [-0.1, -0.05) is 23.2 Å². The Bertz CT molecular complexity index is 1680. The van der Waals surface area contributed by atoms with Crippen molar-refractivity contribution in [1.82, 2.24) is 19.7 Å². The Labute approximate surface area is 242 Å². The number of halogens is 2. The molecule has 0 spiro atoms. The molecule has 0 fully saturated rings. The molecular weight excluding hydrogens is 577 g/mol. The lowest BCUT2D eigenvalue weighted by Gasteiger charge is -2.26. The van der Waals surface area contributed by atoms with Gasteiger partial charge in [0, 0.05) is 35.7 Å². The molecule has 0 saturated carbocycles. The van der Waals surface area contributed by atoms with Gasteiger partial charge in [-0.2, -0.15) is 0 Å². The molecule has 0 N–H and O–H groups in total. The van der Waals surface area contributed by atoms with E-state index in [4.69, 9.17) is 27.9 Å². The minimum absolute atomic E-state index is 0.134. The van der Waals surface area contributed by atoms with Crippen molar-refractivity contribution >= 4 is 61.7 Å². The Hall–Kier alpha value is -3.67. The largest absolute Gasteiger partial charge is 0.459 e. The van der Waals surface area contributed by atoms with E-state index in [9.17, 15) is 18.0 Å². The minimum atomic E-state index is -4.29. The maximum atomic E-state index is 13.8. The quantitative estimate of drug-likeness (QED) is 0.274. The van der Waals surface area contributed by atoms with Crippen LogP contribution in [0, 0.1) is 0 Å². The number of rotatable bonds is 7. The Balaban J connectivity index is 1.76. The molecule has 4 rings (SSSR count). The summed E-state index contributed by atoms with van der Waals surface area (Å²) in [5.74, 6) is -0.539. The van der Waals surface area contributed by atoms with Gasteiger partial charge in [-0.15, -0.1) is 10.2 Å². The molecule has 2 heterocycles. The van der Waals surface area contributed by atoms with Crippen molar-refractivity contribution in [3.8, 4) is 5.82 Å². The van der Waals surface area contributed by atoms with E-state index in [1.54, 1.807) is 82.0 Å². The second kappa shape index (κ2) is 11.1. The fourth-order valence-electron chi connectivity index (χ4n) is 3.89. The van der Waals surface area contributed by atoms with Crippen LogP contribution in [0.2, 0.25) is 10.0 Å². The molecule has 40 heavy (non-hydrogen) atoms. The van der Waals surface area contributed by atoms with Crippen molar-refractivity contribution in [2.75, 3.05) is 24.9 Å². The van der Waals surface area contributed by atoms with Crippen molar-refractivity contribution in [3.05, 3.63) is 76.5 Å². The molecule has 1 amide bonds. The molecule has 2 aromatic carbocycles. The van der Waals surface area contributed by atoms with E-state index >= 15 is 0 Å². The summed E-state index contributed by atoms with van der Waals surface area (Å²) < 4.78 is 35.7. The number of esters is 1. The zero-order valence-corrected chi connectivity index (χ0v) is 24.8. The predicted octanol–water partition coefficient (Wildman–Crippen LogP) is 4.97. The first-order valence-corrected chi connectivity index (χ1v) is 14.2. The maximum absolute atomic E-state index is 13.8. The number of ether oxygens (including phenoxy) is 1. The number of aromatic nitrogens is 3. The van der Waals surface area contributed by atoms with Gasteiger partial charge in [-0.3, -0.25) is 18.5 Å². The van der Waals surface area contributed by atoms with Gasteiger partial charge >= 0.3 is 5.97 Å². The molecule has 13 heteroatoms. The van der Waals surface area contributed by atoms with E-state index in [0.717, 1.165) is 4.31 Å². The number of sulfonamides is 1. The number of amides is 1. The first kappa shape index (κ1) is 29.3. The van der Waals surface area contributed by atoms with Crippen LogP contribution in [0.15, 0.2) is 65.7 Å². The van der Waals surface area contributed by atoms with Gasteiger partial charge < -0.3 is 9.64 Å². The van der Waals surface area contributed by atoms with Gasteiger partial charge in [0.1, 0.15) is 12.1 Å². The van der Waals surface area contributed by atoms with Crippen LogP contribution in [-0.4, -0.2) is 66.2 Å². The van der Waals surface area contributed by atoms with E-state index in [2.05, 4.69) is 10.2 Å². The Morgan fingerprint density at radius 2 is 1.62 bits per heavy atom. The first-order chi connectivity index (χ1) is 18.7. The highest BCUT2D eigenvalue weighted by atomic mass is 35.5. The average Bonchev–Trinajstić information content (AvgIpc) is 3.28. The fraction of sp³-hybridized carbons (Fsp3) is 0.259. The van der Waals surface area contributed by atoms with Gasteiger partial charge in [0.2, 0.25) is 0 Å². The third-order valence-electron chi connectivity index (χ3n) is 5.60. The van der Waals surface area contributed by atoms with Crippen molar-refractivity contribution < 1.29 is 22.7 Å². The lowest BCUT2D eigenvalue weighted by molar-refractivity contribution is -0.152. The highest BCUT2D eigenvalue weighted by Crippen LogP contribution is 2.31. The zero-order chi connectivity index (χ0) is 29.4. The molecule has 0 radical (unpaired) electrons. The summed E-state index contributed by atoms with van der Waals surface area (Å²) in [5.41, 5.74) is 0.313. The lowest BCUT2D eigenvalue weighted by atomic mass is 10.2. The minimum Gasteiger partial charge on any atom is -0.459 e. The molecule has 10 nitrogen and oxygen atoms in total. The molecule has 0 atom stereocenters. The summed E-state index contributed by atoms with van der Waals surface area (Å²) in [7, 11) is -1.03. The van der Waals surface area contributed by atoms with Crippen LogP contribution in [0.5, 0.6) is 0 Å². The van der Waals surface area contributed by atoms with E-state index in [-0.39, 0.29) is 32.2 Å². The zero-order valence-electron chi connectivity index (χ0n) is 22.4. The van der Waals surface area contributed by atoms with E-state index in [1.165, 1.54) is 23.1 Å². The van der Waals surface area contributed by atoms with Gasteiger partial charge in [0.05, 0.1) is 16.1 Å². The van der Waals surface area contributed by atoms with Crippen LogP contribution >= 0.6 is 23.2 Å². The molecule has 210 valence electrons. The third kappa shape index (κ3) is 6.38. The molecule has 0 bridgehead atoms. The highest BCUT2D eigenvalue weighted by Gasteiger charge is 2.30. The van der Waals surface area contributed by atoms with Crippen LogP contribution in [0.3, 0.4) is 0 Å². The molecule has 4 aromatic rings. The number of fused-ring (bicyclic) bond motifs is 1. The van der Waals surface area contributed by atoms with Crippen LogP contribution in [-0.2, 0) is 19.6 Å². The van der Waals surface area contributed by atoms with E-state index in [0.29, 0.717) is 16.7 Å². The summed E-state index contributed by atoms with van der Waals surface area (Å²) in [6.07, 6.45) is 1.75. The van der Waals surface area contributed by atoms with Gasteiger partial charge in [-0.25, -0.2) is 8.42 Å². The second-order valence-electron chi connectivity index (χ2n) is 10.1. The molecule has 0 saturated heterocycles. The Morgan fingerprint density at radius 1 is 0.950 bits per heavy atom. The van der Waals surface area contributed by atoms with Crippen molar-refractivity contribution in [2.45, 2.75) is 31.3 Å². The number of carbonyl (C=O) groups excluding carboxylic acids is 2. The molecule has 2 aromatic heterocycles. The Morgan fingerprint density at radius 3 is 2.20 bits per heavy atom. The Kier molecular flexibility index (Phi) is 8.11. The van der Waals surface area contributed by atoms with Crippen molar-refractivity contribution in [1.29, 1.82) is 0 Å². The summed E-state index contributed by atoms with van der Waals surface area (Å²) in [4.78, 5) is 26.2. The number of carbonyl (C=O) groups is 2. The molecule has 0 unspecified atom stereocenters. The standard InChI is InChI=1S/C27H27Cl2N5O5S/c1-27(2,3)39-25(35)16-34(40(37,38)21-14-18(28)13-19(29)15-21)20-6-8-23-17(12-20)10-11-33(23)24-9-7-22(30-31-24)26(36)32(4)5/h6-15H,16H2,1-5H3. The SMILES string of the molecule is CN(C)C(=O)c1ccc(-n2ccc3cc(N(CC(=O)OC(C)(C)C)S(=O)(=O)c4cc(Cl)cc(Cl)c4)ccc32)nn1. The molecule has 0 aliphatic rings. The van der Waals surface area contributed by atoms with Crippen LogP contribution in [0.4, 0.5) is 5.69 Å². The van der Waals surface area contributed by atoms with E-state index < -0.39 is 28.1 Å². The number of nitrogens with zero attached hydrogens (tertiary/aromatic N) is 5. The van der Waals surface area contributed by atoms with Crippen LogP contribution < -0.4 is 4.31 Å². The number of hydrogen-bond donors (Lipinski definition) is 0. The third-order valence-corrected chi connectivity index (χ3v) is 7.79. The highest BCUT2D eigenvalue weighted by molar-refractivity contribution is 7.92. The fourth-order valence-corrected chi connectivity index (χ4v) is 6.02. The number of benzene rings is 2. The van der Waals surface area contributed by atoms with Crippen molar-refractivity contribution in [3.63, 3.8) is 0 Å². The average molecular weight is 605 g/mol. The maximum Gasteiger partial charge on any atom is 0.327 e. The van der Waals surface area contributed by atoms with E-state index in [1.807, 2.05) is 0 Å². The smallest absolute Gasteiger partial charge is 0.327 e. The lowest BCUT2D eigenvalue weighted by Crippen LogP contribution is -2.39. The van der Waals surface area contributed by atoms with Gasteiger partial charge in [-0.05, 0) is 75.4 Å². The summed E-state index contributed by atoms with van der Waals surface area (Å²) in [5, 5.41) is 9.14. The van der Waals surface area contributed by atoms with Gasteiger partial charge in [0.15, 0.2) is 11.5 Å². The van der Waals surface area contributed by atoms with Crippen LogP contribution in [0.1, 0.15) is 31.3 Å². The topological polar surface area (TPSA) is 115 Å². The number of hydrogen-bond acceptors (Lipinski definition) is 7. The molecule has 0 aliphatic carbocycles. The van der Waals surface area contributed by atoms with Gasteiger partial charge in [0.25, 0.3) is 15.9 Å². The molecule has 0 aliphatic heterocycles. The summed E-state index contributed by atoms with van der Waals surface area (Å²) in [6, 6.07) is 13.9. The monoisotopic (exact) mass is 603 g/mol. The molecular formula is C27H27Cl2N5O5S. The normalized spacial score (nSPS) is 11.9. The summed E-state index contributed by atoms with van der Waals surface area (Å²) >= 11 is 12.2. The predicted molar refractivity (Wildman–Crippen MR) is 154 cm³/mol. The summed E-state index contributed by atoms with van der Waals surface area (Å²) in [6.45, 7) is 4.51. The number of anilines is 1.